The molecule has 1 aromatic heterocycles. The smallest absolute Gasteiger partial charge is 0.216 e. The molecule has 0 spiro atoms. The maximum atomic E-state index is 5.38. The van der Waals surface area contributed by atoms with Gasteiger partial charge in [0.1, 0.15) is 6.61 Å². The summed E-state index contributed by atoms with van der Waals surface area (Å²) in [5.74, 6) is 0.738. The Balaban J connectivity index is 2.13. The van der Waals surface area contributed by atoms with Gasteiger partial charge in [0, 0.05) is 5.56 Å². The number of aliphatic imine (C=N–C) groups is 1. The number of nitrogens with one attached hydrogen (secondary N) is 1. The molecule has 0 amide bonds. The van der Waals surface area contributed by atoms with Crippen molar-refractivity contribution in [2.75, 3.05) is 13.2 Å². The fraction of sp³-hybridized carbons (Fsp3) is 0.200. The molecule has 0 saturated heterocycles. The number of nitrogens with zero attached hydrogens (tertiary/aromatic N) is 2. The average molecular weight is 187 g/mol. The minimum absolute atomic E-state index is 0.691. The van der Waals surface area contributed by atoms with Crippen LogP contribution in [-0.2, 0) is 4.74 Å². The Bertz CT molecular complexity index is 501. The van der Waals surface area contributed by atoms with E-state index >= 15 is 0 Å². The van der Waals surface area contributed by atoms with Crippen LogP contribution in [0.1, 0.15) is 5.56 Å². The van der Waals surface area contributed by atoms with Crippen molar-refractivity contribution in [2.45, 2.75) is 0 Å². The van der Waals surface area contributed by atoms with Gasteiger partial charge in [-0.3, -0.25) is 0 Å². The van der Waals surface area contributed by atoms with Gasteiger partial charge in [0.15, 0.2) is 0 Å². The number of aromatic nitrogens is 2. The second-order valence-electron chi connectivity index (χ2n) is 3.17. The third kappa shape index (κ3) is 1.08. The lowest BCUT2D eigenvalue weighted by molar-refractivity contribution is 0.348. The van der Waals surface area contributed by atoms with Crippen LogP contribution in [0.4, 0.5) is 0 Å². The van der Waals surface area contributed by atoms with E-state index in [9.17, 15) is 0 Å². The average Bonchev–Trinajstić information content (AvgIpc) is 2.88. The van der Waals surface area contributed by atoms with Crippen molar-refractivity contribution in [1.29, 1.82) is 0 Å². The molecule has 3 rings (SSSR count). The van der Waals surface area contributed by atoms with Crippen molar-refractivity contribution < 1.29 is 4.74 Å². The molecule has 0 radical (unpaired) electrons. The summed E-state index contributed by atoms with van der Waals surface area (Å²) in [7, 11) is 0. The molecule has 4 heteroatoms. The molecule has 0 saturated carbocycles. The molecule has 0 aliphatic carbocycles. The minimum Gasteiger partial charge on any atom is -0.476 e. The summed E-state index contributed by atoms with van der Waals surface area (Å²) in [6, 6.07) is 5.95. The fourth-order valence-electron chi connectivity index (χ4n) is 1.58. The Hall–Kier alpha value is -1.84. The van der Waals surface area contributed by atoms with Crippen LogP contribution < -0.4 is 0 Å². The number of benzene rings is 1. The second-order valence-corrected chi connectivity index (χ2v) is 3.17. The molecule has 2 heterocycles. The Morgan fingerprint density at radius 2 is 2.36 bits per heavy atom. The van der Waals surface area contributed by atoms with E-state index in [2.05, 4.69) is 15.0 Å². The third-order valence-corrected chi connectivity index (χ3v) is 2.25. The maximum Gasteiger partial charge on any atom is 0.216 e. The van der Waals surface area contributed by atoms with Gasteiger partial charge < -0.3 is 9.72 Å². The first-order valence-electron chi connectivity index (χ1n) is 4.54. The highest BCUT2D eigenvalue weighted by Gasteiger charge is 2.10. The summed E-state index contributed by atoms with van der Waals surface area (Å²) >= 11 is 0. The summed E-state index contributed by atoms with van der Waals surface area (Å²) < 4.78 is 5.38. The van der Waals surface area contributed by atoms with Gasteiger partial charge in [-0.2, -0.15) is 0 Å². The number of hydrogen-bond acceptors (Lipinski definition) is 3. The van der Waals surface area contributed by atoms with E-state index in [4.69, 9.17) is 4.74 Å². The van der Waals surface area contributed by atoms with E-state index in [-0.39, 0.29) is 0 Å². The number of rotatable bonds is 1. The summed E-state index contributed by atoms with van der Waals surface area (Å²) in [5, 5.41) is 0. The minimum atomic E-state index is 0.691. The maximum absolute atomic E-state index is 5.38. The van der Waals surface area contributed by atoms with Crippen molar-refractivity contribution in [3.05, 3.63) is 30.1 Å². The molecule has 70 valence electrons. The quantitative estimate of drug-likeness (QED) is 0.732. The third-order valence-electron chi connectivity index (χ3n) is 2.25. The first kappa shape index (κ1) is 7.55. The SMILES string of the molecule is c1nc2ccc(C3=NCCO3)cc2[nH]1. The molecule has 0 atom stereocenters. The van der Waals surface area contributed by atoms with Gasteiger partial charge in [-0.15, -0.1) is 0 Å². The van der Waals surface area contributed by atoms with Gasteiger partial charge in [0.2, 0.25) is 5.90 Å². The predicted octanol–water partition coefficient (Wildman–Crippen LogP) is 1.34. The molecule has 1 N–H and O–H groups in total. The predicted molar refractivity (Wildman–Crippen MR) is 53.4 cm³/mol. The lowest BCUT2D eigenvalue weighted by atomic mass is 10.2. The topological polar surface area (TPSA) is 50.3 Å². The number of imidazole rings is 1. The molecule has 4 nitrogen and oxygen atoms in total. The van der Waals surface area contributed by atoms with Crippen LogP contribution in [0.5, 0.6) is 0 Å². The highest BCUT2D eigenvalue weighted by Crippen LogP contribution is 2.14. The monoisotopic (exact) mass is 187 g/mol. The van der Waals surface area contributed by atoms with E-state index in [1.807, 2.05) is 18.2 Å². The van der Waals surface area contributed by atoms with E-state index in [1.54, 1.807) is 6.33 Å². The zero-order valence-electron chi connectivity index (χ0n) is 7.53. The molecule has 1 aliphatic rings. The number of hydrogen-bond donors (Lipinski definition) is 1. The number of H-pyrrole nitrogens is 1. The van der Waals surface area contributed by atoms with Crippen LogP contribution in [0.3, 0.4) is 0 Å². The lowest BCUT2D eigenvalue weighted by Gasteiger charge is -2.00. The normalized spacial score (nSPS) is 15.6. The summed E-state index contributed by atoms with van der Waals surface area (Å²) in [5.41, 5.74) is 2.99. The van der Waals surface area contributed by atoms with Crippen LogP contribution in [0.2, 0.25) is 0 Å². The first-order valence-corrected chi connectivity index (χ1v) is 4.54. The fourth-order valence-corrected chi connectivity index (χ4v) is 1.58. The van der Waals surface area contributed by atoms with Crippen molar-refractivity contribution in [3.63, 3.8) is 0 Å². The molecule has 0 fully saturated rings. The van der Waals surface area contributed by atoms with Crippen molar-refractivity contribution in [1.82, 2.24) is 9.97 Å². The Labute approximate surface area is 80.6 Å². The van der Waals surface area contributed by atoms with E-state index in [1.165, 1.54) is 0 Å². The summed E-state index contributed by atoms with van der Waals surface area (Å²) in [6.07, 6.45) is 1.69. The Morgan fingerprint density at radius 3 is 3.21 bits per heavy atom. The van der Waals surface area contributed by atoms with Crippen molar-refractivity contribution >= 4 is 16.9 Å². The standard InChI is InChI=1S/C10H9N3O/c1-2-8-9(13-6-12-8)5-7(1)10-11-3-4-14-10/h1-2,5-6H,3-4H2,(H,12,13). The van der Waals surface area contributed by atoms with E-state index in [0.29, 0.717) is 6.61 Å². The van der Waals surface area contributed by atoms with Gasteiger partial charge in [0.05, 0.1) is 23.9 Å². The molecule has 2 aromatic rings. The van der Waals surface area contributed by atoms with Gasteiger partial charge in [0.25, 0.3) is 0 Å². The zero-order chi connectivity index (χ0) is 9.38. The largest absolute Gasteiger partial charge is 0.476 e. The molecular formula is C10H9N3O. The molecule has 1 aromatic carbocycles. The van der Waals surface area contributed by atoms with Crippen molar-refractivity contribution in [2.24, 2.45) is 4.99 Å². The van der Waals surface area contributed by atoms with Gasteiger partial charge >= 0.3 is 0 Å². The number of fused-ring (bicyclic) bond motifs is 1. The van der Waals surface area contributed by atoms with Crippen LogP contribution in [0.15, 0.2) is 29.5 Å². The number of ether oxygens (including phenoxy) is 1. The number of aromatic amines is 1. The van der Waals surface area contributed by atoms with Gasteiger partial charge in [-0.1, -0.05) is 0 Å². The highest BCUT2D eigenvalue weighted by atomic mass is 16.5. The van der Waals surface area contributed by atoms with Gasteiger partial charge in [-0.25, -0.2) is 9.98 Å². The highest BCUT2D eigenvalue weighted by molar-refractivity contribution is 5.97. The molecular weight excluding hydrogens is 178 g/mol. The van der Waals surface area contributed by atoms with Gasteiger partial charge in [-0.05, 0) is 18.2 Å². The van der Waals surface area contributed by atoms with Crippen LogP contribution in [0, 0.1) is 0 Å². The molecule has 1 aliphatic heterocycles. The second kappa shape index (κ2) is 2.83. The van der Waals surface area contributed by atoms with Crippen LogP contribution in [0.25, 0.3) is 11.0 Å². The lowest BCUT2D eigenvalue weighted by Crippen LogP contribution is -2.00. The summed E-state index contributed by atoms with van der Waals surface area (Å²) in [4.78, 5) is 11.5. The molecule has 0 unspecified atom stereocenters. The summed E-state index contributed by atoms with van der Waals surface area (Å²) in [6.45, 7) is 1.45. The first-order chi connectivity index (χ1) is 6.93. The molecule has 14 heavy (non-hydrogen) atoms. The van der Waals surface area contributed by atoms with E-state index < -0.39 is 0 Å². The van der Waals surface area contributed by atoms with E-state index in [0.717, 1.165) is 29.0 Å². The van der Waals surface area contributed by atoms with Crippen LogP contribution >= 0.6 is 0 Å². The Morgan fingerprint density at radius 1 is 1.36 bits per heavy atom. The zero-order valence-corrected chi connectivity index (χ0v) is 7.53. The van der Waals surface area contributed by atoms with Crippen LogP contribution in [-0.4, -0.2) is 29.0 Å². The Kier molecular flexibility index (Phi) is 1.53. The van der Waals surface area contributed by atoms with Crippen molar-refractivity contribution in [3.8, 4) is 0 Å². The molecule has 0 bridgehead atoms.